The highest BCUT2D eigenvalue weighted by Crippen LogP contribution is 2.35. The minimum Gasteiger partial charge on any atom is -0.345 e. The lowest BCUT2D eigenvalue weighted by Crippen LogP contribution is -2.30. The molecule has 11 heteroatoms. The number of nitrogens with zero attached hydrogens (tertiary/aromatic N) is 4. The quantitative estimate of drug-likeness (QED) is 0.317. The number of carbonyl (C=O) groups excluding carboxylic acids is 1. The number of amides is 1. The summed E-state index contributed by atoms with van der Waals surface area (Å²) in [5.41, 5.74) is 2.06. The van der Waals surface area contributed by atoms with Gasteiger partial charge in [0.05, 0.1) is 40.1 Å². The minimum absolute atomic E-state index is 0.0509. The molecule has 4 rings (SSSR count). The van der Waals surface area contributed by atoms with Crippen LogP contribution in [0.5, 0.6) is 0 Å². The van der Waals surface area contributed by atoms with Crippen molar-refractivity contribution in [2.45, 2.75) is 13.0 Å². The van der Waals surface area contributed by atoms with Gasteiger partial charge in [-0.2, -0.15) is 5.26 Å². The van der Waals surface area contributed by atoms with Gasteiger partial charge in [0.15, 0.2) is 0 Å². The summed E-state index contributed by atoms with van der Waals surface area (Å²) in [4.78, 5) is 21.9. The molecular formula is C24H17Cl2N5O3S. The first-order valence-corrected chi connectivity index (χ1v) is 12.0. The standard InChI is InChI=1S/C24H17Cl2N5O3S/c1-14(17-8-6-16(25)12-19(17)26)30-24(32)18-7-5-15(13-27)11-22(18)31(35(33)34)21-4-2-3-20-23(21)29-10-9-28-20/h2-12,14H,1H3,(H,30,32)(H,33,34). The molecule has 0 spiro atoms. The molecule has 8 nitrogen and oxygen atoms in total. The van der Waals surface area contributed by atoms with Crippen molar-refractivity contribution in [3.8, 4) is 6.07 Å². The molecule has 0 saturated heterocycles. The van der Waals surface area contributed by atoms with Crippen LogP contribution in [0.3, 0.4) is 0 Å². The molecule has 0 saturated carbocycles. The third-order valence-corrected chi connectivity index (χ3v) is 6.49. The number of hydrogen-bond acceptors (Lipinski definition) is 5. The Morgan fingerprint density at radius 1 is 1.11 bits per heavy atom. The Bertz CT molecular complexity index is 1500. The first kappa shape index (κ1) is 24.6. The fourth-order valence-corrected chi connectivity index (χ4v) is 4.81. The van der Waals surface area contributed by atoms with E-state index in [-0.39, 0.29) is 22.5 Å². The number of nitriles is 1. The second kappa shape index (κ2) is 10.4. The van der Waals surface area contributed by atoms with Crippen molar-refractivity contribution < 1.29 is 13.6 Å². The second-order valence-electron chi connectivity index (χ2n) is 7.43. The highest BCUT2D eigenvalue weighted by atomic mass is 35.5. The SMILES string of the molecule is CC(NC(=O)c1ccc(C#N)cc1N(c1cccc2nccnc12)S(=O)O)c1ccc(Cl)cc1Cl. The van der Waals surface area contributed by atoms with E-state index in [9.17, 15) is 18.8 Å². The molecule has 0 bridgehead atoms. The van der Waals surface area contributed by atoms with E-state index in [1.807, 2.05) is 6.07 Å². The lowest BCUT2D eigenvalue weighted by atomic mass is 10.1. The van der Waals surface area contributed by atoms with Gasteiger partial charge in [-0.3, -0.25) is 19.3 Å². The van der Waals surface area contributed by atoms with Gasteiger partial charge in [-0.1, -0.05) is 35.3 Å². The maximum atomic E-state index is 13.4. The maximum absolute atomic E-state index is 13.4. The Hall–Kier alpha value is -3.55. The van der Waals surface area contributed by atoms with Crippen molar-refractivity contribution in [3.05, 3.63) is 93.7 Å². The fourth-order valence-electron chi connectivity index (χ4n) is 3.61. The molecule has 0 radical (unpaired) electrons. The van der Waals surface area contributed by atoms with E-state index in [1.54, 1.807) is 43.3 Å². The number of anilines is 2. The Balaban J connectivity index is 1.80. The Labute approximate surface area is 213 Å². The monoisotopic (exact) mass is 525 g/mol. The predicted octanol–water partition coefficient (Wildman–Crippen LogP) is 5.57. The van der Waals surface area contributed by atoms with Gasteiger partial charge in [0.1, 0.15) is 5.52 Å². The number of halogens is 2. The van der Waals surface area contributed by atoms with Gasteiger partial charge in [-0.05, 0) is 55.0 Å². The van der Waals surface area contributed by atoms with Crippen LogP contribution in [0.25, 0.3) is 11.0 Å². The molecule has 2 atom stereocenters. The molecule has 3 aromatic carbocycles. The van der Waals surface area contributed by atoms with Gasteiger partial charge in [-0.15, -0.1) is 0 Å². The van der Waals surface area contributed by atoms with Gasteiger partial charge < -0.3 is 5.32 Å². The highest BCUT2D eigenvalue weighted by Gasteiger charge is 2.26. The van der Waals surface area contributed by atoms with Crippen LogP contribution in [0.15, 0.2) is 67.0 Å². The maximum Gasteiger partial charge on any atom is 0.266 e. The molecule has 0 aliphatic rings. The Kier molecular flexibility index (Phi) is 7.28. The van der Waals surface area contributed by atoms with Gasteiger partial charge in [0.2, 0.25) is 0 Å². The number of benzene rings is 3. The first-order chi connectivity index (χ1) is 16.8. The molecule has 0 aliphatic heterocycles. The fraction of sp³-hybridized carbons (Fsp3) is 0.0833. The van der Waals surface area contributed by atoms with Crippen molar-refractivity contribution in [2.24, 2.45) is 0 Å². The number of nitrogens with one attached hydrogen (secondary N) is 1. The van der Waals surface area contributed by atoms with E-state index < -0.39 is 23.2 Å². The molecule has 0 fully saturated rings. The molecule has 176 valence electrons. The number of carbonyl (C=O) groups is 1. The van der Waals surface area contributed by atoms with Crippen molar-refractivity contribution in [1.82, 2.24) is 15.3 Å². The number of hydrogen-bond donors (Lipinski definition) is 2. The molecule has 1 heterocycles. The van der Waals surface area contributed by atoms with E-state index in [2.05, 4.69) is 15.3 Å². The Morgan fingerprint density at radius 2 is 1.89 bits per heavy atom. The van der Waals surface area contributed by atoms with Crippen LogP contribution >= 0.6 is 23.2 Å². The van der Waals surface area contributed by atoms with E-state index in [4.69, 9.17) is 23.2 Å². The topological polar surface area (TPSA) is 119 Å². The smallest absolute Gasteiger partial charge is 0.266 e. The van der Waals surface area contributed by atoms with Crippen LogP contribution in [0, 0.1) is 11.3 Å². The zero-order valence-electron chi connectivity index (χ0n) is 18.1. The zero-order valence-corrected chi connectivity index (χ0v) is 20.5. The second-order valence-corrected chi connectivity index (χ2v) is 9.10. The lowest BCUT2D eigenvalue weighted by molar-refractivity contribution is 0.0940. The molecular weight excluding hydrogens is 509 g/mol. The van der Waals surface area contributed by atoms with Crippen LogP contribution < -0.4 is 9.62 Å². The molecule has 2 N–H and O–H groups in total. The summed E-state index contributed by atoms with van der Waals surface area (Å²) in [5, 5.41) is 13.1. The van der Waals surface area contributed by atoms with Crippen LogP contribution in [0.2, 0.25) is 10.0 Å². The van der Waals surface area contributed by atoms with Crippen LogP contribution in [0.4, 0.5) is 11.4 Å². The van der Waals surface area contributed by atoms with E-state index >= 15 is 0 Å². The summed E-state index contributed by atoms with van der Waals surface area (Å²) in [7, 11) is 0. The van der Waals surface area contributed by atoms with Crippen LogP contribution in [-0.4, -0.2) is 24.6 Å². The Morgan fingerprint density at radius 3 is 2.60 bits per heavy atom. The summed E-state index contributed by atoms with van der Waals surface area (Å²) < 4.78 is 23.9. The van der Waals surface area contributed by atoms with Crippen LogP contribution in [-0.2, 0) is 11.3 Å². The third kappa shape index (κ3) is 5.11. The van der Waals surface area contributed by atoms with Gasteiger partial charge in [-0.25, -0.2) is 8.51 Å². The van der Waals surface area contributed by atoms with Crippen molar-refractivity contribution in [1.29, 1.82) is 5.26 Å². The van der Waals surface area contributed by atoms with E-state index in [0.717, 1.165) is 4.31 Å². The predicted molar refractivity (Wildman–Crippen MR) is 136 cm³/mol. The summed E-state index contributed by atoms with van der Waals surface area (Å²) in [6, 6.07) is 15.6. The van der Waals surface area contributed by atoms with Crippen molar-refractivity contribution in [2.75, 3.05) is 4.31 Å². The summed E-state index contributed by atoms with van der Waals surface area (Å²) in [6.07, 6.45) is 2.96. The minimum atomic E-state index is -2.61. The molecule has 1 aromatic heterocycles. The number of rotatable bonds is 6. The summed E-state index contributed by atoms with van der Waals surface area (Å²) in [5.74, 6) is -0.537. The lowest BCUT2D eigenvalue weighted by Gasteiger charge is -2.24. The molecule has 0 aliphatic carbocycles. The number of para-hydroxylation sites is 1. The summed E-state index contributed by atoms with van der Waals surface area (Å²) >= 11 is 9.64. The third-order valence-electron chi connectivity index (χ3n) is 5.22. The molecule has 1 amide bonds. The van der Waals surface area contributed by atoms with Gasteiger partial charge >= 0.3 is 0 Å². The van der Waals surface area contributed by atoms with Crippen molar-refractivity contribution >= 4 is 62.8 Å². The van der Waals surface area contributed by atoms with E-state index in [1.165, 1.54) is 30.6 Å². The molecule has 4 aromatic rings. The summed E-state index contributed by atoms with van der Waals surface area (Å²) in [6.45, 7) is 1.75. The largest absolute Gasteiger partial charge is 0.345 e. The number of fused-ring (bicyclic) bond motifs is 1. The van der Waals surface area contributed by atoms with Gasteiger partial charge in [0.25, 0.3) is 17.2 Å². The zero-order chi connectivity index (χ0) is 25.1. The first-order valence-electron chi connectivity index (χ1n) is 10.2. The van der Waals surface area contributed by atoms with Crippen molar-refractivity contribution in [3.63, 3.8) is 0 Å². The van der Waals surface area contributed by atoms with Gasteiger partial charge in [0, 0.05) is 22.4 Å². The van der Waals surface area contributed by atoms with Crippen LogP contribution in [0.1, 0.15) is 34.5 Å². The average molecular weight is 526 g/mol. The van der Waals surface area contributed by atoms with E-state index in [0.29, 0.717) is 26.6 Å². The normalized spacial score (nSPS) is 12.5. The molecule has 35 heavy (non-hydrogen) atoms. The molecule has 2 unspecified atom stereocenters. The number of aromatic nitrogens is 2. The average Bonchev–Trinajstić information content (AvgIpc) is 2.84. The highest BCUT2D eigenvalue weighted by molar-refractivity contribution is 7.81.